The minimum absolute atomic E-state index is 0.0301. The van der Waals surface area contributed by atoms with Gasteiger partial charge in [0.1, 0.15) is 17.7 Å². The number of nitrogens with zero attached hydrogens (tertiary/aromatic N) is 4. The summed E-state index contributed by atoms with van der Waals surface area (Å²) >= 11 is 0. The van der Waals surface area contributed by atoms with E-state index in [0.717, 1.165) is 63.8 Å². The lowest BCUT2D eigenvalue weighted by molar-refractivity contribution is -0.145. The predicted molar refractivity (Wildman–Crippen MR) is 143 cm³/mol. The molecule has 5 rings (SSSR count). The largest absolute Gasteiger partial charge is 0.480 e. The van der Waals surface area contributed by atoms with Crippen molar-refractivity contribution in [3.05, 3.63) is 53.4 Å². The number of benzene rings is 1. The minimum Gasteiger partial charge on any atom is -0.480 e. The minimum atomic E-state index is -0.757. The zero-order valence-electron chi connectivity index (χ0n) is 22.7. The lowest BCUT2D eigenvalue weighted by atomic mass is 9.87. The summed E-state index contributed by atoms with van der Waals surface area (Å²) in [5.41, 5.74) is 2.49. The standard InChI is InChI=1S/C30H43FN4O2/c1-20(2)29(30(36)37)33(3)25-16-23(26(17-25)22-7-6-8-24(31)15-22)19-34-13-10-21(11-14-34)27-18-32-28-9-4-5-12-35(27)28/h6-8,15,18,20-21,23,25-26,29H,4-5,9-14,16-17,19H2,1-3H3,(H,36,37)/t23-,25+,26-,29-/m1/s1. The van der Waals surface area contributed by atoms with Gasteiger partial charge in [-0.05, 0) is 94.1 Å². The van der Waals surface area contributed by atoms with Crippen LogP contribution in [0.2, 0.25) is 0 Å². The Morgan fingerprint density at radius 1 is 1.19 bits per heavy atom. The molecule has 7 heteroatoms. The number of aromatic nitrogens is 2. The molecule has 2 aliphatic heterocycles. The van der Waals surface area contributed by atoms with Crippen molar-refractivity contribution in [2.24, 2.45) is 11.8 Å². The van der Waals surface area contributed by atoms with Gasteiger partial charge in [0.15, 0.2) is 0 Å². The molecule has 2 aromatic rings. The van der Waals surface area contributed by atoms with Crippen LogP contribution in [0.4, 0.5) is 4.39 Å². The molecule has 1 aromatic carbocycles. The third-order valence-electron chi connectivity index (χ3n) is 9.35. The van der Waals surface area contributed by atoms with Crippen molar-refractivity contribution in [3.8, 4) is 0 Å². The van der Waals surface area contributed by atoms with Gasteiger partial charge in [-0.3, -0.25) is 9.69 Å². The number of rotatable bonds is 8. The summed E-state index contributed by atoms with van der Waals surface area (Å²) in [6, 6.07) is 6.73. The average Bonchev–Trinajstić information content (AvgIpc) is 3.49. The molecular weight excluding hydrogens is 467 g/mol. The third kappa shape index (κ3) is 5.63. The molecule has 1 saturated heterocycles. The van der Waals surface area contributed by atoms with E-state index >= 15 is 0 Å². The smallest absolute Gasteiger partial charge is 0.321 e. The molecule has 0 bridgehead atoms. The highest BCUT2D eigenvalue weighted by Crippen LogP contribution is 2.43. The van der Waals surface area contributed by atoms with E-state index in [1.54, 1.807) is 6.07 Å². The second-order valence-electron chi connectivity index (χ2n) is 12.0. The number of hydrogen-bond donors (Lipinski definition) is 1. The van der Waals surface area contributed by atoms with E-state index in [1.165, 1.54) is 30.4 Å². The van der Waals surface area contributed by atoms with Crippen LogP contribution in [-0.4, -0.2) is 69.2 Å². The maximum Gasteiger partial charge on any atom is 0.321 e. The van der Waals surface area contributed by atoms with Crippen LogP contribution in [0.3, 0.4) is 0 Å². The van der Waals surface area contributed by atoms with Crippen molar-refractivity contribution in [1.82, 2.24) is 19.4 Å². The summed E-state index contributed by atoms with van der Waals surface area (Å²) in [6.07, 6.45) is 9.88. The highest BCUT2D eigenvalue weighted by atomic mass is 19.1. The number of halogens is 1. The molecule has 0 unspecified atom stereocenters. The first-order valence-corrected chi connectivity index (χ1v) is 14.3. The molecule has 4 atom stereocenters. The second-order valence-corrected chi connectivity index (χ2v) is 12.0. The van der Waals surface area contributed by atoms with E-state index in [2.05, 4.69) is 26.6 Å². The van der Waals surface area contributed by atoms with E-state index < -0.39 is 12.0 Å². The second kappa shape index (κ2) is 11.2. The van der Waals surface area contributed by atoms with Gasteiger partial charge in [-0.2, -0.15) is 0 Å². The van der Waals surface area contributed by atoms with Crippen LogP contribution in [0.5, 0.6) is 0 Å². The van der Waals surface area contributed by atoms with Crippen LogP contribution in [-0.2, 0) is 17.8 Å². The van der Waals surface area contributed by atoms with Gasteiger partial charge in [-0.1, -0.05) is 26.0 Å². The molecule has 0 spiro atoms. The number of imidazole rings is 1. The molecule has 37 heavy (non-hydrogen) atoms. The Bertz CT molecular complexity index is 1080. The van der Waals surface area contributed by atoms with Crippen molar-refractivity contribution in [2.45, 2.75) is 89.3 Å². The van der Waals surface area contributed by atoms with Gasteiger partial charge in [0.05, 0.1) is 0 Å². The van der Waals surface area contributed by atoms with Crippen molar-refractivity contribution < 1.29 is 14.3 Å². The van der Waals surface area contributed by atoms with E-state index in [4.69, 9.17) is 4.98 Å². The summed E-state index contributed by atoms with van der Waals surface area (Å²) in [6.45, 7) is 8.21. The number of carboxylic acids is 1. The molecule has 3 aliphatic rings. The monoisotopic (exact) mass is 510 g/mol. The molecule has 1 aliphatic carbocycles. The summed E-state index contributed by atoms with van der Waals surface area (Å²) in [4.78, 5) is 21.4. The third-order valence-corrected chi connectivity index (χ3v) is 9.35. The molecule has 1 saturated carbocycles. The fourth-order valence-electron chi connectivity index (χ4n) is 7.44. The van der Waals surface area contributed by atoms with Crippen LogP contribution in [0, 0.1) is 17.7 Å². The van der Waals surface area contributed by atoms with Gasteiger partial charge in [0, 0.05) is 43.4 Å². The summed E-state index contributed by atoms with van der Waals surface area (Å²) in [5.74, 6) is 1.56. The van der Waals surface area contributed by atoms with Crippen molar-refractivity contribution in [1.29, 1.82) is 0 Å². The Hall–Kier alpha value is -2.25. The first-order valence-electron chi connectivity index (χ1n) is 14.3. The number of carboxylic acid groups (broad SMARTS) is 1. The maximum absolute atomic E-state index is 14.2. The Morgan fingerprint density at radius 3 is 2.68 bits per heavy atom. The Morgan fingerprint density at radius 2 is 1.97 bits per heavy atom. The fourth-order valence-corrected chi connectivity index (χ4v) is 7.44. The molecule has 1 N–H and O–H groups in total. The number of likely N-dealkylation sites (N-methyl/N-ethyl adjacent to an activating group) is 1. The van der Waals surface area contributed by atoms with Gasteiger partial charge in [-0.15, -0.1) is 0 Å². The van der Waals surface area contributed by atoms with Crippen LogP contribution in [0.25, 0.3) is 0 Å². The van der Waals surface area contributed by atoms with Crippen LogP contribution in [0.15, 0.2) is 30.5 Å². The molecule has 202 valence electrons. The van der Waals surface area contributed by atoms with E-state index in [1.807, 2.05) is 27.0 Å². The number of aryl methyl sites for hydroxylation is 1. The van der Waals surface area contributed by atoms with Gasteiger partial charge in [0.2, 0.25) is 0 Å². The zero-order valence-corrected chi connectivity index (χ0v) is 22.7. The maximum atomic E-state index is 14.2. The normalized spacial score (nSPS) is 26.1. The number of carbonyl (C=O) groups is 1. The number of fused-ring (bicyclic) bond motifs is 1. The summed E-state index contributed by atoms with van der Waals surface area (Å²) in [7, 11) is 1.96. The van der Waals surface area contributed by atoms with Crippen LogP contribution in [0.1, 0.15) is 81.3 Å². The van der Waals surface area contributed by atoms with Crippen molar-refractivity contribution >= 4 is 5.97 Å². The molecule has 1 aromatic heterocycles. The van der Waals surface area contributed by atoms with E-state index in [0.29, 0.717) is 11.8 Å². The van der Waals surface area contributed by atoms with E-state index in [-0.39, 0.29) is 23.7 Å². The lowest BCUT2D eigenvalue weighted by Crippen LogP contribution is -2.47. The first kappa shape index (κ1) is 26.4. The highest BCUT2D eigenvalue weighted by molar-refractivity contribution is 5.73. The van der Waals surface area contributed by atoms with Gasteiger partial charge >= 0.3 is 5.97 Å². The Balaban J connectivity index is 1.27. The van der Waals surface area contributed by atoms with Crippen LogP contribution >= 0.6 is 0 Å². The predicted octanol–water partition coefficient (Wildman–Crippen LogP) is 5.14. The molecule has 6 nitrogen and oxygen atoms in total. The molecular formula is C30H43FN4O2. The van der Waals surface area contributed by atoms with Crippen LogP contribution < -0.4 is 0 Å². The Labute approximate surface area is 220 Å². The van der Waals surface area contributed by atoms with E-state index in [9.17, 15) is 14.3 Å². The molecule has 0 amide bonds. The number of likely N-dealkylation sites (tertiary alicyclic amines) is 1. The van der Waals surface area contributed by atoms with Gasteiger partial charge < -0.3 is 14.6 Å². The van der Waals surface area contributed by atoms with Gasteiger partial charge in [0.25, 0.3) is 0 Å². The highest BCUT2D eigenvalue weighted by Gasteiger charge is 2.42. The number of aliphatic carboxylic acids is 1. The number of piperidine rings is 1. The zero-order chi connectivity index (χ0) is 26.1. The first-order chi connectivity index (χ1) is 17.8. The van der Waals surface area contributed by atoms with Gasteiger partial charge in [-0.25, -0.2) is 9.37 Å². The quantitative estimate of drug-likeness (QED) is 0.533. The van der Waals surface area contributed by atoms with Crippen molar-refractivity contribution in [2.75, 3.05) is 26.7 Å². The SMILES string of the molecule is CC(C)[C@H](C(=O)O)N(C)[C@H]1C[C@H](CN2CCC(c3cnc4n3CCCC4)CC2)[C@@H](c2cccc(F)c2)C1. The molecule has 0 radical (unpaired) electrons. The number of hydrogen-bond acceptors (Lipinski definition) is 4. The molecule has 3 heterocycles. The topological polar surface area (TPSA) is 61.6 Å². The Kier molecular flexibility index (Phi) is 8.01. The average molecular weight is 511 g/mol. The van der Waals surface area contributed by atoms with Crippen molar-refractivity contribution in [3.63, 3.8) is 0 Å². The summed E-state index contributed by atoms with van der Waals surface area (Å²) in [5, 5.41) is 9.89. The lowest BCUT2D eigenvalue weighted by Gasteiger charge is -2.35. The fraction of sp³-hybridized carbons (Fsp3) is 0.667. The molecule has 2 fully saturated rings. The summed E-state index contributed by atoms with van der Waals surface area (Å²) < 4.78 is 16.7.